The Balaban J connectivity index is 1.36. The van der Waals surface area contributed by atoms with Crippen LogP contribution in [0.4, 0.5) is 0 Å². The van der Waals surface area contributed by atoms with Gasteiger partial charge in [-0.2, -0.15) is 0 Å². The quantitative estimate of drug-likeness (QED) is 0.245. The number of hydrogen-bond donors (Lipinski definition) is 1. The molecule has 1 aliphatic heterocycles. The van der Waals surface area contributed by atoms with E-state index in [2.05, 4.69) is 5.32 Å². The molecule has 206 valence electrons. The second-order valence-electron chi connectivity index (χ2n) is 9.86. The Hall–Kier alpha value is -3.81. The lowest BCUT2D eigenvalue weighted by Gasteiger charge is -2.42. The summed E-state index contributed by atoms with van der Waals surface area (Å²) in [5, 5.41) is 3.11. The minimum absolute atomic E-state index is 0.234. The molecule has 1 saturated heterocycles. The summed E-state index contributed by atoms with van der Waals surface area (Å²) in [6, 6.07) is 39.3. The van der Waals surface area contributed by atoms with Gasteiger partial charge in [-0.15, -0.1) is 0 Å². The topological polar surface area (TPSA) is 66.0 Å². The van der Waals surface area contributed by atoms with Gasteiger partial charge in [-0.25, -0.2) is 0 Å². The molecule has 4 aromatic carbocycles. The fraction of sp³-hybridized carbons (Fsp3) is 0.265. The Kier molecular flexibility index (Phi) is 10.1. The first kappa shape index (κ1) is 27.7. The van der Waals surface area contributed by atoms with E-state index in [1.54, 1.807) is 0 Å². The van der Waals surface area contributed by atoms with Crippen LogP contribution in [0.15, 0.2) is 121 Å². The van der Waals surface area contributed by atoms with Gasteiger partial charge in [0.25, 0.3) is 5.91 Å². The van der Waals surface area contributed by atoms with Crippen molar-refractivity contribution in [2.45, 2.75) is 50.8 Å². The van der Waals surface area contributed by atoms with Crippen LogP contribution in [0.2, 0.25) is 0 Å². The van der Waals surface area contributed by atoms with Crippen LogP contribution >= 0.6 is 0 Å². The summed E-state index contributed by atoms with van der Waals surface area (Å²) in [4.78, 5) is 13.5. The predicted octanol–water partition coefficient (Wildman–Crippen LogP) is 5.46. The van der Waals surface area contributed by atoms with E-state index >= 15 is 0 Å². The highest BCUT2D eigenvalue weighted by Crippen LogP contribution is 2.25. The molecule has 6 nitrogen and oxygen atoms in total. The van der Waals surface area contributed by atoms with Crippen LogP contribution in [0, 0.1) is 0 Å². The molecule has 1 aliphatic rings. The van der Waals surface area contributed by atoms with Crippen molar-refractivity contribution in [3.05, 3.63) is 144 Å². The van der Waals surface area contributed by atoms with E-state index in [4.69, 9.17) is 18.9 Å². The lowest BCUT2D eigenvalue weighted by molar-refractivity contribution is -0.191. The largest absolute Gasteiger partial charge is 0.375 e. The van der Waals surface area contributed by atoms with Gasteiger partial charge >= 0.3 is 0 Å². The van der Waals surface area contributed by atoms with E-state index in [1.165, 1.54) is 0 Å². The van der Waals surface area contributed by atoms with Gasteiger partial charge in [-0.1, -0.05) is 121 Å². The number of nitrogens with one attached hydrogen (secondary N) is 1. The summed E-state index contributed by atoms with van der Waals surface area (Å²) >= 11 is 0. The van der Waals surface area contributed by atoms with E-state index in [1.807, 2.05) is 121 Å². The highest BCUT2D eigenvalue weighted by atomic mass is 16.6. The molecule has 4 atom stereocenters. The van der Waals surface area contributed by atoms with Gasteiger partial charge in [0.05, 0.1) is 39.1 Å². The van der Waals surface area contributed by atoms with Crippen molar-refractivity contribution >= 4 is 5.91 Å². The van der Waals surface area contributed by atoms with Crippen molar-refractivity contribution in [3.8, 4) is 0 Å². The van der Waals surface area contributed by atoms with Crippen molar-refractivity contribution < 1.29 is 23.7 Å². The zero-order valence-electron chi connectivity index (χ0n) is 22.4. The first-order valence-corrected chi connectivity index (χ1v) is 13.6. The van der Waals surface area contributed by atoms with Crippen molar-refractivity contribution in [1.82, 2.24) is 5.32 Å². The van der Waals surface area contributed by atoms with Crippen LogP contribution < -0.4 is 5.32 Å². The number of piperidine rings is 1. The van der Waals surface area contributed by atoms with E-state index in [9.17, 15) is 4.79 Å². The van der Waals surface area contributed by atoms with Gasteiger partial charge in [0.15, 0.2) is 6.10 Å². The maximum absolute atomic E-state index is 13.5. The fourth-order valence-electron chi connectivity index (χ4n) is 4.77. The summed E-state index contributed by atoms with van der Waals surface area (Å²) < 4.78 is 25.3. The molecular formula is C34H35NO5. The average molecular weight is 538 g/mol. The second-order valence-corrected chi connectivity index (χ2v) is 9.86. The summed E-state index contributed by atoms with van der Waals surface area (Å²) in [6.45, 7) is 1.68. The molecule has 0 spiro atoms. The molecular weight excluding hydrogens is 502 g/mol. The molecule has 6 heteroatoms. The minimum Gasteiger partial charge on any atom is -0.375 e. The zero-order chi connectivity index (χ0) is 27.4. The number of benzene rings is 4. The predicted molar refractivity (Wildman–Crippen MR) is 153 cm³/mol. The molecule has 0 radical (unpaired) electrons. The Morgan fingerprint density at radius 2 is 0.900 bits per heavy atom. The van der Waals surface area contributed by atoms with Gasteiger partial charge in [0.2, 0.25) is 0 Å². The molecule has 0 unspecified atom stereocenters. The Morgan fingerprint density at radius 1 is 0.500 bits per heavy atom. The molecule has 1 heterocycles. The summed E-state index contributed by atoms with van der Waals surface area (Å²) in [5.41, 5.74) is 4.08. The van der Waals surface area contributed by atoms with Crippen LogP contribution in [0.25, 0.3) is 0 Å². The van der Waals surface area contributed by atoms with Crippen molar-refractivity contribution in [3.63, 3.8) is 0 Å². The normalized spacial score (nSPS) is 20.6. The number of carbonyl (C=O) groups excluding carboxylic acids is 1. The van der Waals surface area contributed by atoms with E-state index in [0.29, 0.717) is 19.8 Å². The number of carbonyl (C=O) groups is 1. The van der Waals surface area contributed by atoms with Crippen LogP contribution in [0.5, 0.6) is 0 Å². The van der Waals surface area contributed by atoms with Gasteiger partial charge in [0.1, 0.15) is 12.2 Å². The van der Waals surface area contributed by atoms with Crippen LogP contribution in [-0.4, -0.2) is 36.9 Å². The summed E-state index contributed by atoms with van der Waals surface area (Å²) in [7, 11) is 0. The molecule has 4 aromatic rings. The summed E-state index contributed by atoms with van der Waals surface area (Å²) in [6.07, 6.45) is -2.00. The lowest BCUT2D eigenvalue weighted by Crippen LogP contribution is -2.66. The molecule has 5 rings (SSSR count). The third-order valence-corrected chi connectivity index (χ3v) is 6.86. The minimum atomic E-state index is -0.852. The molecule has 0 aromatic heterocycles. The highest BCUT2D eigenvalue weighted by Gasteiger charge is 2.46. The van der Waals surface area contributed by atoms with Crippen LogP contribution in [0.3, 0.4) is 0 Å². The molecule has 40 heavy (non-hydrogen) atoms. The third kappa shape index (κ3) is 7.87. The van der Waals surface area contributed by atoms with Gasteiger partial charge in [-0.05, 0) is 22.3 Å². The smallest absolute Gasteiger partial charge is 0.252 e. The number of rotatable bonds is 13. The first-order valence-electron chi connectivity index (χ1n) is 13.6. The Labute approximate surface area is 235 Å². The average Bonchev–Trinajstić information content (AvgIpc) is 3.01. The van der Waals surface area contributed by atoms with E-state index in [0.717, 1.165) is 22.3 Å². The van der Waals surface area contributed by atoms with Crippen molar-refractivity contribution in [2.24, 2.45) is 0 Å². The van der Waals surface area contributed by atoms with Crippen molar-refractivity contribution in [2.75, 3.05) is 6.61 Å². The molecule has 1 fully saturated rings. The number of ether oxygens (including phenoxy) is 4. The highest BCUT2D eigenvalue weighted by molar-refractivity contribution is 5.83. The second kappa shape index (κ2) is 14.5. The summed E-state index contributed by atoms with van der Waals surface area (Å²) in [5.74, 6) is -0.234. The Bertz CT molecular complexity index is 1290. The van der Waals surface area contributed by atoms with E-state index in [-0.39, 0.29) is 19.1 Å². The fourth-order valence-corrected chi connectivity index (χ4v) is 4.77. The van der Waals surface area contributed by atoms with E-state index < -0.39 is 24.4 Å². The molecule has 1 amide bonds. The lowest BCUT2D eigenvalue weighted by atomic mass is 9.94. The van der Waals surface area contributed by atoms with Crippen LogP contribution in [-0.2, 0) is 50.2 Å². The molecule has 0 aliphatic carbocycles. The maximum Gasteiger partial charge on any atom is 0.252 e. The van der Waals surface area contributed by atoms with Gasteiger partial charge < -0.3 is 24.3 Å². The maximum atomic E-state index is 13.5. The molecule has 1 N–H and O–H groups in total. The number of hydrogen-bond acceptors (Lipinski definition) is 5. The van der Waals surface area contributed by atoms with Gasteiger partial charge in [0, 0.05) is 0 Å². The molecule has 0 bridgehead atoms. The Morgan fingerprint density at radius 3 is 1.38 bits per heavy atom. The standard InChI is InChI=1S/C34H35NO5/c36-34-33(40-24-29-19-11-4-12-20-29)32(39-23-28-17-9-3-10-18-28)31(38-22-27-15-7-2-8-16-27)30(35-34)25-37-21-26-13-5-1-6-14-26/h1-20,30-33H,21-25H2,(H,35,36)/t30-,31-,32+,33+/m1/s1. The monoisotopic (exact) mass is 537 g/mol. The number of amides is 1. The van der Waals surface area contributed by atoms with Crippen molar-refractivity contribution in [1.29, 1.82) is 0 Å². The SMILES string of the molecule is O=C1N[C@H](COCc2ccccc2)[C@@H](OCc2ccccc2)[C@H](OCc2ccccc2)[C@@H]1OCc1ccccc1. The third-order valence-electron chi connectivity index (χ3n) is 6.86. The first-order chi connectivity index (χ1) is 19.8. The molecule has 0 saturated carbocycles. The van der Waals surface area contributed by atoms with Gasteiger partial charge in [-0.3, -0.25) is 4.79 Å². The zero-order valence-corrected chi connectivity index (χ0v) is 22.4. The van der Waals surface area contributed by atoms with Crippen LogP contribution in [0.1, 0.15) is 22.3 Å².